The number of phenolic OH excluding ortho intramolecular Hbond substituents is 1. The molecule has 0 aliphatic rings. The van der Waals surface area contributed by atoms with Gasteiger partial charge in [0.05, 0.1) is 12.7 Å². The fourth-order valence-corrected chi connectivity index (χ4v) is 1.76. The Labute approximate surface area is 111 Å². The molecular formula is C15H15NO3. The molecule has 2 aromatic carbocycles. The zero-order valence-corrected chi connectivity index (χ0v) is 10.8. The van der Waals surface area contributed by atoms with E-state index in [4.69, 9.17) is 4.74 Å². The first-order chi connectivity index (χ1) is 9.11. The van der Waals surface area contributed by atoms with Gasteiger partial charge in [-0.2, -0.15) is 0 Å². The van der Waals surface area contributed by atoms with Gasteiger partial charge in [-0.1, -0.05) is 12.1 Å². The summed E-state index contributed by atoms with van der Waals surface area (Å²) in [7, 11) is 1.59. The van der Waals surface area contributed by atoms with Crippen molar-refractivity contribution >= 4 is 11.6 Å². The van der Waals surface area contributed by atoms with Gasteiger partial charge in [0.15, 0.2) is 0 Å². The SMILES string of the molecule is COc1ccc(NC(=O)c2ccccc2O)c(C)c1. The number of phenols is 1. The molecule has 0 spiro atoms. The van der Waals surface area contributed by atoms with Crippen LogP contribution in [0, 0.1) is 6.92 Å². The van der Waals surface area contributed by atoms with E-state index < -0.39 is 0 Å². The van der Waals surface area contributed by atoms with E-state index in [1.165, 1.54) is 6.07 Å². The summed E-state index contributed by atoms with van der Waals surface area (Å²) in [5.74, 6) is 0.357. The van der Waals surface area contributed by atoms with Crippen molar-refractivity contribution in [2.75, 3.05) is 12.4 Å². The number of benzene rings is 2. The highest BCUT2D eigenvalue weighted by Crippen LogP contribution is 2.23. The van der Waals surface area contributed by atoms with Crippen molar-refractivity contribution in [2.24, 2.45) is 0 Å². The molecule has 2 aromatic rings. The van der Waals surface area contributed by atoms with Crippen LogP contribution in [0.25, 0.3) is 0 Å². The second-order valence-electron chi connectivity index (χ2n) is 4.15. The minimum absolute atomic E-state index is 0.0360. The summed E-state index contributed by atoms with van der Waals surface area (Å²) in [4.78, 5) is 12.0. The molecule has 0 aliphatic carbocycles. The number of para-hydroxylation sites is 1. The molecule has 0 unspecified atom stereocenters. The lowest BCUT2D eigenvalue weighted by Gasteiger charge is -2.10. The number of aromatic hydroxyl groups is 1. The third kappa shape index (κ3) is 2.85. The summed E-state index contributed by atoms with van der Waals surface area (Å²) in [5, 5.41) is 12.4. The summed E-state index contributed by atoms with van der Waals surface area (Å²) < 4.78 is 5.11. The Bertz CT molecular complexity index is 608. The summed E-state index contributed by atoms with van der Waals surface area (Å²) in [6, 6.07) is 11.8. The zero-order chi connectivity index (χ0) is 13.8. The van der Waals surface area contributed by atoms with E-state index in [1.54, 1.807) is 37.4 Å². The number of carbonyl (C=O) groups is 1. The predicted molar refractivity (Wildman–Crippen MR) is 73.8 cm³/mol. The van der Waals surface area contributed by atoms with Gasteiger partial charge in [0, 0.05) is 5.69 Å². The number of ether oxygens (including phenoxy) is 1. The van der Waals surface area contributed by atoms with Crippen molar-refractivity contribution in [3.8, 4) is 11.5 Å². The van der Waals surface area contributed by atoms with Crippen molar-refractivity contribution in [3.63, 3.8) is 0 Å². The number of aryl methyl sites for hydroxylation is 1. The van der Waals surface area contributed by atoms with Crippen molar-refractivity contribution in [3.05, 3.63) is 53.6 Å². The minimum Gasteiger partial charge on any atom is -0.507 e. The van der Waals surface area contributed by atoms with Crippen LogP contribution in [0.5, 0.6) is 11.5 Å². The second kappa shape index (κ2) is 5.44. The van der Waals surface area contributed by atoms with Gasteiger partial charge in [0.2, 0.25) is 0 Å². The Kier molecular flexibility index (Phi) is 3.71. The number of methoxy groups -OCH3 is 1. The van der Waals surface area contributed by atoms with E-state index in [0.29, 0.717) is 5.69 Å². The number of anilines is 1. The number of nitrogens with one attached hydrogen (secondary N) is 1. The van der Waals surface area contributed by atoms with Crippen LogP contribution in [0.15, 0.2) is 42.5 Å². The average molecular weight is 257 g/mol. The summed E-state index contributed by atoms with van der Waals surface area (Å²) >= 11 is 0. The molecule has 1 amide bonds. The summed E-state index contributed by atoms with van der Waals surface area (Å²) in [6.07, 6.45) is 0. The van der Waals surface area contributed by atoms with Crippen molar-refractivity contribution in [2.45, 2.75) is 6.92 Å². The number of rotatable bonds is 3. The summed E-state index contributed by atoms with van der Waals surface area (Å²) in [5.41, 5.74) is 1.83. The molecule has 19 heavy (non-hydrogen) atoms. The van der Waals surface area contributed by atoms with E-state index in [1.807, 2.05) is 13.0 Å². The first kappa shape index (κ1) is 13.0. The molecule has 0 saturated carbocycles. The fourth-order valence-electron chi connectivity index (χ4n) is 1.76. The molecule has 98 valence electrons. The molecule has 0 radical (unpaired) electrons. The molecule has 0 atom stereocenters. The molecule has 4 nitrogen and oxygen atoms in total. The van der Waals surface area contributed by atoms with Crippen molar-refractivity contribution in [1.82, 2.24) is 0 Å². The topological polar surface area (TPSA) is 58.6 Å². The number of carbonyl (C=O) groups excluding carboxylic acids is 1. The van der Waals surface area contributed by atoms with Crippen LogP contribution in [-0.4, -0.2) is 18.1 Å². The molecule has 0 bridgehead atoms. The Hall–Kier alpha value is -2.49. The largest absolute Gasteiger partial charge is 0.507 e. The van der Waals surface area contributed by atoms with Crippen LogP contribution in [-0.2, 0) is 0 Å². The fraction of sp³-hybridized carbons (Fsp3) is 0.133. The van der Waals surface area contributed by atoms with E-state index >= 15 is 0 Å². The zero-order valence-electron chi connectivity index (χ0n) is 10.8. The quantitative estimate of drug-likeness (QED) is 0.888. The monoisotopic (exact) mass is 257 g/mol. The van der Waals surface area contributed by atoms with Gasteiger partial charge in [0.25, 0.3) is 5.91 Å². The van der Waals surface area contributed by atoms with Gasteiger partial charge in [-0.25, -0.2) is 0 Å². The van der Waals surface area contributed by atoms with Crippen LogP contribution in [0.1, 0.15) is 15.9 Å². The Balaban J connectivity index is 2.22. The Morgan fingerprint density at radius 3 is 2.58 bits per heavy atom. The highest BCUT2D eigenvalue weighted by atomic mass is 16.5. The highest BCUT2D eigenvalue weighted by Gasteiger charge is 2.11. The number of amides is 1. The lowest BCUT2D eigenvalue weighted by atomic mass is 10.1. The summed E-state index contributed by atoms with van der Waals surface area (Å²) in [6.45, 7) is 1.88. The van der Waals surface area contributed by atoms with E-state index in [-0.39, 0.29) is 17.2 Å². The molecule has 0 aliphatic heterocycles. The first-order valence-corrected chi connectivity index (χ1v) is 5.86. The third-order valence-corrected chi connectivity index (χ3v) is 2.83. The van der Waals surface area contributed by atoms with Crippen LogP contribution in [0.3, 0.4) is 0 Å². The molecule has 0 heterocycles. The van der Waals surface area contributed by atoms with Gasteiger partial charge < -0.3 is 15.2 Å². The molecule has 4 heteroatoms. The lowest BCUT2D eigenvalue weighted by Crippen LogP contribution is -2.12. The Morgan fingerprint density at radius 2 is 1.95 bits per heavy atom. The van der Waals surface area contributed by atoms with Crippen LogP contribution in [0.2, 0.25) is 0 Å². The lowest BCUT2D eigenvalue weighted by molar-refractivity contribution is 0.102. The van der Waals surface area contributed by atoms with E-state index in [2.05, 4.69) is 5.32 Å². The average Bonchev–Trinajstić information content (AvgIpc) is 2.41. The second-order valence-corrected chi connectivity index (χ2v) is 4.15. The molecular weight excluding hydrogens is 242 g/mol. The maximum absolute atomic E-state index is 12.0. The van der Waals surface area contributed by atoms with Gasteiger partial charge in [-0.3, -0.25) is 4.79 Å². The molecule has 0 aromatic heterocycles. The minimum atomic E-state index is -0.341. The van der Waals surface area contributed by atoms with E-state index in [9.17, 15) is 9.90 Å². The first-order valence-electron chi connectivity index (χ1n) is 5.86. The van der Waals surface area contributed by atoms with Gasteiger partial charge >= 0.3 is 0 Å². The normalized spacial score (nSPS) is 10.0. The maximum atomic E-state index is 12.0. The Morgan fingerprint density at radius 1 is 1.21 bits per heavy atom. The molecule has 2 N–H and O–H groups in total. The molecule has 0 saturated heterocycles. The van der Waals surface area contributed by atoms with Gasteiger partial charge in [-0.05, 0) is 42.8 Å². The van der Waals surface area contributed by atoms with E-state index in [0.717, 1.165) is 11.3 Å². The van der Waals surface area contributed by atoms with Crippen LogP contribution in [0.4, 0.5) is 5.69 Å². The van der Waals surface area contributed by atoms with Crippen molar-refractivity contribution in [1.29, 1.82) is 0 Å². The van der Waals surface area contributed by atoms with Crippen LogP contribution >= 0.6 is 0 Å². The van der Waals surface area contributed by atoms with Gasteiger partial charge in [0.1, 0.15) is 11.5 Å². The smallest absolute Gasteiger partial charge is 0.259 e. The third-order valence-electron chi connectivity index (χ3n) is 2.83. The standard InChI is InChI=1S/C15H15NO3/c1-10-9-11(19-2)7-8-13(10)16-15(18)12-5-3-4-6-14(12)17/h3-9,17H,1-2H3,(H,16,18). The highest BCUT2D eigenvalue weighted by molar-refractivity contribution is 6.06. The maximum Gasteiger partial charge on any atom is 0.259 e. The predicted octanol–water partition coefficient (Wildman–Crippen LogP) is 2.96. The van der Waals surface area contributed by atoms with Crippen molar-refractivity contribution < 1.29 is 14.6 Å². The number of hydrogen-bond acceptors (Lipinski definition) is 3. The molecule has 0 fully saturated rings. The molecule has 2 rings (SSSR count). The van der Waals surface area contributed by atoms with Gasteiger partial charge in [-0.15, -0.1) is 0 Å². The van der Waals surface area contributed by atoms with Crippen LogP contribution < -0.4 is 10.1 Å². The number of hydrogen-bond donors (Lipinski definition) is 2.